The van der Waals surface area contributed by atoms with Gasteiger partial charge in [-0.05, 0) is 89.2 Å². The largest absolute Gasteiger partial charge is 0.461 e. The van der Waals surface area contributed by atoms with Crippen molar-refractivity contribution < 1.29 is 19.1 Å². The zero-order valence-corrected chi connectivity index (χ0v) is 28.8. The lowest BCUT2D eigenvalue weighted by atomic mass is 10.1. The highest BCUT2D eigenvalue weighted by Crippen LogP contribution is 2.10. The number of hydrogen-bond acceptors (Lipinski definition) is 4. The van der Waals surface area contributed by atoms with E-state index in [1.54, 1.807) is 12.2 Å². The summed E-state index contributed by atoms with van der Waals surface area (Å²) in [5, 5.41) is 0. The van der Waals surface area contributed by atoms with E-state index in [2.05, 4.69) is 62.5 Å². The van der Waals surface area contributed by atoms with E-state index in [1.807, 2.05) is 0 Å². The van der Waals surface area contributed by atoms with Crippen LogP contribution in [-0.4, -0.2) is 25.2 Å². The molecule has 0 aromatic carbocycles. The zero-order chi connectivity index (χ0) is 32.0. The van der Waals surface area contributed by atoms with Crippen LogP contribution in [0, 0.1) is 0 Å². The van der Waals surface area contributed by atoms with Crippen LogP contribution in [0.1, 0.15) is 168 Å². The fourth-order valence-corrected chi connectivity index (χ4v) is 4.72. The van der Waals surface area contributed by atoms with Crippen molar-refractivity contribution in [3.63, 3.8) is 0 Å². The molecule has 0 fully saturated rings. The fourth-order valence-electron chi connectivity index (χ4n) is 4.72. The van der Waals surface area contributed by atoms with Gasteiger partial charge in [0.2, 0.25) is 0 Å². The average Bonchev–Trinajstić information content (AvgIpc) is 3.02. The molecule has 252 valence electrons. The second kappa shape index (κ2) is 36.8. The van der Waals surface area contributed by atoms with Gasteiger partial charge in [0.25, 0.3) is 0 Å². The Labute approximate surface area is 272 Å². The lowest BCUT2D eigenvalue weighted by Gasteiger charge is -2.03. The quantitative estimate of drug-likeness (QED) is 0.0431. The molecule has 0 radical (unpaired) electrons. The van der Waals surface area contributed by atoms with Gasteiger partial charge in [0.05, 0.1) is 0 Å². The Hall–Kier alpha value is -2.36. The van der Waals surface area contributed by atoms with Crippen molar-refractivity contribution in [1.82, 2.24) is 0 Å². The highest BCUT2D eigenvalue weighted by Gasteiger charge is 2.02. The van der Waals surface area contributed by atoms with Crippen LogP contribution < -0.4 is 0 Å². The summed E-state index contributed by atoms with van der Waals surface area (Å²) in [5.74, 6) is -0.308. The number of esters is 2. The smallest absolute Gasteiger partial charge is 0.306 e. The van der Waals surface area contributed by atoms with Crippen molar-refractivity contribution in [3.8, 4) is 0 Å². The van der Waals surface area contributed by atoms with Gasteiger partial charge in [-0.2, -0.15) is 0 Å². The van der Waals surface area contributed by atoms with Crippen LogP contribution in [0.25, 0.3) is 0 Å². The molecule has 0 aromatic rings. The van der Waals surface area contributed by atoms with Gasteiger partial charge in [0.15, 0.2) is 0 Å². The van der Waals surface area contributed by atoms with Gasteiger partial charge < -0.3 is 9.47 Å². The van der Waals surface area contributed by atoms with Gasteiger partial charge in [-0.1, -0.05) is 127 Å². The number of rotatable bonds is 32. The maximum atomic E-state index is 11.9. The Morgan fingerprint density at radius 1 is 0.386 bits per heavy atom. The molecule has 0 saturated carbocycles. The van der Waals surface area contributed by atoms with Gasteiger partial charge in [0.1, 0.15) is 13.2 Å². The maximum Gasteiger partial charge on any atom is 0.306 e. The van der Waals surface area contributed by atoms with Crippen LogP contribution >= 0.6 is 0 Å². The molecule has 0 spiro atoms. The van der Waals surface area contributed by atoms with Gasteiger partial charge in [-0.25, -0.2) is 0 Å². The monoisotopic (exact) mass is 613 g/mol. The summed E-state index contributed by atoms with van der Waals surface area (Å²) in [4.78, 5) is 23.8. The lowest BCUT2D eigenvalue weighted by molar-refractivity contribution is -0.143. The zero-order valence-electron chi connectivity index (χ0n) is 28.8. The van der Waals surface area contributed by atoms with E-state index in [9.17, 15) is 9.59 Å². The minimum atomic E-state index is -0.154. The summed E-state index contributed by atoms with van der Waals surface area (Å²) < 4.78 is 10.5. The molecule has 4 nitrogen and oxygen atoms in total. The maximum absolute atomic E-state index is 11.9. The van der Waals surface area contributed by atoms with Crippen molar-refractivity contribution >= 4 is 11.9 Å². The average molecular weight is 613 g/mol. The number of carbonyl (C=O) groups excluding carboxylic acids is 2. The standard InChI is InChI=1S/C40H68O4/c1-3-5-7-9-11-13-15-17-19-21-23-25-27-29-31-35-39(41)43-37-33-34-38-44-40(42)36-32-30-28-26-24-22-20-18-16-14-12-10-8-6-4-2/h11-14,17-20,33-34H,3-10,15-16,21-32,35-38H2,1-2H3/b13-11-,14-12-,19-17-,20-18-,34-33?. The molecule has 0 heterocycles. The van der Waals surface area contributed by atoms with Gasteiger partial charge in [-0.3, -0.25) is 9.59 Å². The highest BCUT2D eigenvalue weighted by molar-refractivity contribution is 5.69. The number of unbranched alkanes of at least 4 members (excludes halogenated alkanes) is 16. The lowest BCUT2D eigenvalue weighted by Crippen LogP contribution is -2.05. The number of allylic oxidation sites excluding steroid dienone is 8. The van der Waals surface area contributed by atoms with Gasteiger partial charge in [0, 0.05) is 12.8 Å². The van der Waals surface area contributed by atoms with E-state index >= 15 is 0 Å². The van der Waals surface area contributed by atoms with Crippen molar-refractivity contribution in [1.29, 1.82) is 0 Å². The second-order valence-corrected chi connectivity index (χ2v) is 11.8. The molecule has 0 aliphatic carbocycles. The van der Waals surface area contributed by atoms with Crippen LogP contribution in [0.3, 0.4) is 0 Å². The minimum Gasteiger partial charge on any atom is -0.461 e. The summed E-state index contributed by atoms with van der Waals surface area (Å²) >= 11 is 0. The highest BCUT2D eigenvalue weighted by atomic mass is 16.5. The second-order valence-electron chi connectivity index (χ2n) is 11.8. The van der Waals surface area contributed by atoms with E-state index in [4.69, 9.17) is 9.47 Å². The molecular weight excluding hydrogens is 544 g/mol. The first-order valence-corrected chi connectivity index (χ1v) is 18.3. The SMILES string of the molecule is CCCCC/C=C\C/C=C\CCCCCCCC(=O)OCC=CCOC(=O)CCCCCCC/C=C\C/C=C\CCCCC. The van der Waals surface area contributed by atoms with Crippen LogP contribution in [-0.2, 0) is 19.1 Å². The molecule has 0 aliphatic rings. The molecule has 4 heteroatoms. The van der Waals surface area contributed by atoms with E-state index < -0.39 is 0 Å². The van der Waals surface area contributed by atoms with Gasteiger partial charge in [-0.15, -0.1) is 0 Å². The summed E-state index contributed by atoms with van der Waals surface area (Å²) in [7, 11) is 0. The van der Waals surface area contributed by atoms with Crippen LogP contribution in [0.5, 0.6) is 0 Å². The number of ether oxygens (including phenoxy) is 2. The van der Waals surface area contributed by atoms with Crippen molar-refractivity contribution in [2.24, 2.45) is 0 Å². The third-order valence-corrected chi connectivity index (χ3v) is 7.51. The van der Waals surface area contributed by atoms with Crippen LogP contribution in [0.4, 0.5) is 0 Å². The molecule has 0 aliphatic heterocycles. The molecule has 0 atom stereocenters. The van der Waals surface area contributed by atoms with E-state index in [0.717, 1.165) is 51.4 Å². The molecule has 0 N–H and O–H groups in total. The van der Waals surface area contributed by atoms with Crippen molar-refractivity contribution in [2.75, 3.05) is 13.2 Å². The molecule has 0 aromatic heterocycles. The first-order valence-electron chi connectivity index (χ1n) is 18.3. The third kappa shape index (κ3) is 35.8. The molecule has 0 amide bonds. The summed E-state index contributed by atoms with van der Waals surface area (Å²) in [6.07, 6.45) is 48.5. The van der Waals surface area contributed by atoms with Gasteiger partial charge >= 0.3 is 11.9 Å². The summed E-state index contributed by atoms with van der Waals surface area (Å²) in [6, 6.07) is 0. The predicted octanol–water partition coefficient (Wildman–Crippen LogP) is 12.3. The number of hydrogen-bond donors (Lipinski definition) is 0. The first kappa shape index (κ1) is 41.6. The molecule has 0 bridgehead atoms. The summed E-state index contributed by atoms with van der Waals surface area (Å²) in [6.45, 7) is 4.96. The molecule has 0 unspecified atom stereocenters. The summed E-state index contributed by atoms with van der Waals surface area (Å²) in [5.41, 5.74) is 0. The Balaban J connectivity index is 3.44. The first-order chi connectivity index (χ1) is 21.7. The van der Waals surface area contributed by atoms with E-state index in [1.165, 1.54) is 89.9 Å². The number of carbonyl (C=O) groups is 2. The normalized spacial score (nSPS) is 12.1. The van der Waals surface area contributed by atoms with E-state index in [-0.39, 0.29) is 25.2 Å². The topological polar surface area (TPSA) is 52.6 Å². The molecular formula is C40H68O4. The predicted molar refractivity (Wildman–Crippen MR) is 190 cm³/mol. The van der Waals surface area contributed by atoms with Crippen molar-refractivity contribution in [3.05, 3.63) is 60.8 Å². The Morgan fingerprint density at radius 2 is 0.705 bits per heavy atom. The van der Waals surface area contributed by atoms with Crippen LogP contribution in [0.2, 0.25) is 0 Å². The molecule has 0 rings (SSSR count). The fraction of sp³-hybridized carbons (Fsp3) is 0.700. The third-order valence-electron chi connectivity index (χ3n) is 7.51. The molecule has 44 heavy (non-hydrogen) atoms. The Bertz CT molecular complexity index is 710. The Kier molecular flexibility index (Phi) is 34.9. The van der Waals surface area contributed by atoms with Crippen molar-refractivity contribution in [2.45, 2.75) is 168 Å². The van der Waals surface area contributed by atoms with E-state index in [0.29, 0.717) is 12.8 Å². The minimum absolute atomic E-state index is 0.154. The Morgan fingerprint density at radius 3 is 1.07 bits per heavy atom. The van der Waals surface area contributed by atoms with Crippen LogP contribution in [0.15, 0.2) is 60.8 Å². The molecule has 0 saturated heterocycles.